The second-order valence-corrected chi connectivity index (χ2v) is 10.3. The first-order chi connectivity index (χ1) is 12.9. The van der Waals surface area contributed by atoms with Crippen molar-refractivity contribution in [1.82, 2.24) is 10.2 Å². The van der Waals surface area contributed by atoms with Crippen molar-refractivity contribution in [3.05, 3.63) is 35.9 Å². The molecule has 1 aliphatic rings. The molecule has 0 aliphatic carbocycles. The molecule has 1 fully saturated rings. The van der Waals surface area contributed by atoms with Gasteiger partial charge < -0.3 is 15.0 Å². The molecule has 0 spiro atoms. The van der Waals surface area contributed by atoms with Crippen molar-refractivity contribution in [3.63, 3.8) is 0 Å². The van der Waals surface area contributed by atoms with Crippen LogP contribution in [0.1, 0.15) is 39.7 Å². The molecule has 6 heteroatoms. The zero-order chi connectivity index (χ0) is 19.7. The van der Waals surface area contributed by atoms with E-state index in [1.807, 2.05) is 39.0 Å². The Hall–Kier alpha value is -1.40. The fourth-order valence-corrected chi connectivity index (χ4v) is 3.91. The normalized spacial score (nSPS) is 19.3. The summed E-state index contributed by atoms with van der Waals surface area (Å²) in [5.74, 6) is 2.07. The number of guanidine groups is 1. The molecule has 1 aromatic carbocycles. The number of rotatable bonds is 8. The molecule has 0 amide bonds. The van der Waals surface area contributed by atoms with E-state index in [0.717, 1.165) is 38.6 Å². The van der Waals surface area contributed by atoms with Gasteiger partial charge in [0.05, 0.1) is 19.8 Å². The van der Waals surface area contributed by atoms with Crippen LogP contribution in [0.4, 0.5) is 0 Å². The van der Waals surface area contributed by atoms with Gasteiger partial charge in [-0.15, -0.1) is 0 Å². The summed E-state index contributed by atoms with van der Waals surface area (Å²) in [5.41, 5.74) is 1.22. The van der Waals surface area contributed by atoms with Crippen molar-refractivity contribution in [1.29, 1.82) is 0 Å². The Bertz CT molecular complexity index is 614. The highest BCUT2D eigenvalue weighted by atomic mass is 32.2. The number of hydrogen-bond donors (Lipinski definition) is 1. The van der Waals surface area contributed by atoms with E-state index >= 15 is 0 Å². The Morgan fingerprint density at radius 1 is 1.33 bits per heavy atom. The summed E-state index contributed by atoms with van der Waals surface area (Å²) >= 11 is 0. The molecule has 0 aromatic heterocycles. The number of likely N-dealkylation sites (tertiary alicyclic amines) is 1. The fraction of sp³-hybridized carbons (Fsp3) is 0.667. The molecule has 1 N–H and O–H groups in total. The van der Waals surface area contributed by atoms with Crippen LogP contribution in [-0.2, 0) is 22.1 Å². The quantitative estimate of drug-likeness (QED) is 0.545. The third kappa shape index (κ3) is 7.62. The molecule has 1 heterocycles. The number of hydrogen-bond acceptors (Lipinski definition) is 3. The predicted octanol–water partition coefficient (Wildman–Crippen LogP) is 3.04. The molecule has 5 nitrogen and oxygen atoms in total. The first kappa shape index (κ1) is 21.9. The van der Waals surface area contributed by atoms with Crippen molar-refractivity contribution >= 4 is 16.8 Å². The van der Waals surface area contributed by atoms with Crippen molar-refractivity contribution < 1.29 is 8.95 Å². The lowest BCUT2D eigenvalue weighted by Gasteiger charge is -2.22. The average Bonchev–Trinajstić information content (AvgIpc) is 3.10. The minimum Gasteiger partial charge on any atom is -0.376 e. The topological polar surface area (TPSA) is 53.9 Å². The van der Waals surface area contributed by atoms with Crippen LogP contribution >= 0.6 is 0 Å². The van der Waals surface area contributed by atoms with Crippen molar-refractivity contribution in [2.24, 2.45) is 10.9 Å². The van der Waals surface area contributed by atoms with E-state index in [0.29, 0.717) is 24.8 Å². The number of ether oxygens (including phenoxy) is 1. The van der Waals surface area contributed by atoms with E-state index in [2.05, 4.69) is 29.3 Å². The van der Waals surface area contributed by atoms with Crippen molar-refractivity contribution in [2.45, 2.75) is 45.5 Å². The van der Waals surface area contributed by atoms with Crippen molar-refractivity contribution in [3.8, 4) is 0 Å². The highest BCUT2D eigenvalue weighted by Gasteiger charge is 2.25. The summed E-state index contributed by atoms with van der Waals surface area (Å²) in [7, 11) is -0.862. The molecular formula is C21H35N3O2S. The van der Waals surface area contributed by atoms with E-state index in [1.54, 1.807) is 0 Å². The fourth-order valence-electron chi connectivity index (χ4n) is 3.05. The van der Waals surface area contributed by atoms with E-state index in [4.69, 9.17) is 9.73 Å². The van der Waals surface area contributed by atoms with Crippen molar-refractivity contribution in [2.75, 3.05) is 38.5 Å². The molecule has 2 rings (SSSR count). The van der Waals surface area contributed by atoms with Gasteiger partial charge in [0.1, 0.15) is 0 Å². The molecule has 1 aliphatic heterocycles. The lowest BCUT2D eigenvalue weighted by molar-refractivity contribution is 0.0907. The number of nitrogens with zero attached hydrogens (tertiary/aromatic N) is 2. The van der Waals surface area contributed by atoms with Crippen LogP contribution in [0.25, 0.3) is 0 Å². The van der Waals surface area contributed by atoms with Crippen LogP contribution in [0.2, 0.25) is 0 Å². The van der Waals surface area contributed by atoms with Crippen LogP contribution in [0.15, 0.2) is 35.3 Å². The van der Waals surface area contributed by atoms with Gasteiger partial charge in [0, 0.05) is 46.9 Å². The maximum absolute atomic E-state index is 12.2. The van der Waals surface area contributed by atoms with Gasteiger partial charge >= 0.3 is 0 Å². The monoisotopic (exact) mass is 393 g/mol. The summed E-state index contributed by atoms with van der Waals surface area (Å²) in [6.07, 6.45) is 1.12. The van der Waals surface area contributed by atoms with Crippen LogP contribution in [0.5, 0.6) is 0 Å². The summed E-state index contributed by atoms with van der Waals surface area (Å²) in [6.45, 7) is 13.0. The summed E-state index contributed by atoms with van der Waals surface area (Å²) in [4.78, 5) is 7.01. The highest BCUT2D eigenvalue weighted by Crippen LogP contribution is 2.17. The second kappa shape index (κ2) is 10.8. The molecule has 27 heavy (non-hydrogen) atoms. The van der Waals surface area contributed by atoms with E-state index < -0.39 is 10.8 Å². The minimum absolute atomic E-state index is 0.178. The van der Waals surface area contributed by atoms with Gasteiger partial charge in [-0.3, -0.25) is 9.20 Å². The molecule has 0 bridgehead atoms. The Morgan fingerprint density at radius 2 is 2.07 bits per heavy atom. The minimum atomic E-state index is -0.862. The molecule has 1 saturated heterocycles. The molecule has 1 aromatic rings. The third-order valence-corrected chi connectivity index (χ3v) is 6.53. The van der Waals surface area contributed by atoms with E-state index in [1.165, 1.54) is 5.56 Å². The first-order valence-electron chi connectivity index (χ1n) is 9.93. The lowest BCUT2D eigenvalue weighted by Crippen LogP contribution is -2.40. The molecular weight excluding hydrogens is 358 g/mol. The van der Waals surface area contributed by atoms with Gasteiger partial charge in [-0.25, -0.2) is 0 Å². The second-order valence-electron chi connectivity index (χ2n) is 8.00. The van der Waals surface area contributed by atoms with Gasteiger partial charge in [0.2, 0.25) is 0 Å². The van der Waals surface area contributed by atoms with Crippen LogP contribution < -0.4 is 5.32 Å². The molecule has 2 atom stereocenters. The van der Waals surface area contributed by atoms with Gasteiger partial charge in [0.15, 0.2) is 5.96 Å². The van der Waals surface area contributed by atoms with E-state index in [9.17, 15) is 4.21 Å². The Balaban J connectivity index is 1.78. The van der Waals surface area contributed by atoms with Gasteiger partial charge in [-0.2, -0.15) is 0 Å². The first-order valence-corrected chi connectivity index (χ1v) is 11.3. The maximum Gasteiger partial charge on any atom is 0.193 e. The third-order valence-electron chi connectivity index (χ3n) is 4.61. The molecule has 152 valence electrons. The zero-order valence-electron chi connectivity index (χ0n) is 17.2. The number of nitrogens with one attached hydrogen (secondary N) is 1. The number of aliphatic imine (C=N–C) groups is 1. The van der Waals surface area contributed by atoms with Crippen LogP contribution in [0.3, 0.4) is 0 Å². The Kier molecular flexibility index (Phi) is 8.77. The largest absolute Gasteiger partial charge is 0.376 e. The Morgan fingerprint density at radius 3 is 2.74 bits per heavy atom. The van der Waals surface area contributed by atoms with Gasteiger partial charge in [0.25, 0.3) is 0 Å². The SMILES string of the molecule is CCNC(=NCCS(=O)C(C)(C)C)N1CCC(COCc2ccccc2)C1. The average molecular weight is 394 g/mol. The van der Waals surface area contributed by atoms with Gasteiger partial charge in [-0.05, 0) is 39.7 Å². The number of benzene rings is 1. The smallest absolute Gasteiger partial charge is 0.193 e. The summed E-state index contributed by atoms with van der Waals surface area (Å²) in [6, 6.07) is 10.3. The molecule has 0 radical (unpaired) electrons. The Labute approximate surface area is 167 Å². The van der Waals surface area contributed by atoms with Crippen LogP contribution in [-0.4, -0.2) is 58.4 Å². The lowest BCUT2D eigenvalue weighted by atomic mass is 10.1. The standard InChI is InChI=1S/C21H35N3O2S/c1-5-22-20(23-12-14-27(25)21(2,3)4)24-13-11-19(15-24)17-26-16-18-9-7-6-8-10-18/h6-10,19H,5,11-17H2,1-4H3,(H,22,23). The summed E-state index contributed by atoms with van der Waals surface area (Å²) < 4.78 is 17.9. The van der Waals surface area contributed by atoms with Crippen LogP contribution in [0, 0.1) is 5.92 Å². The zero-order valence-corrected chi connectivity index (χ0v) is 18.1. The highest BCUT2D eigenvalue weighted by molar-refractivity contribution is 7.86. The summed E-state index contributed by atoms with van der Waals surface area (Å²) in [5, 5.41) is 3.38. The van der Waals surface area contributed by atoms with E-state index in [-0.39, 0.29) is 4.75 Å². The molecule has 0 saturated carbocycles. The van der Waals surface area contributed by atoms with Gasteiger partial charge in [-0.1, -0.05) is 30.3 Å². The maximum atomic E-state index is 12.2. The predicted molar refractivity (Wildman–Crippen MR) is 115 cm³/mol. The molecule has 2 unspecified atom stereocenters.